The zero-order chi connectivity index (χ0) is 17.0. The van der Waals surface area contributed by atoms with Gasteiger partial charge in [-0.05, 0) is 30.5 Å². The molecule has 0 aliphatic rings. The molecular formula is C16H21N5O2. The quantitative estimate of drug-likeness (QED) is 0.844. The number of amides is 2. The van der Waals surface area contributed by atoms with Gasteiger partial charge in [0, 0.05) is 6.42 Å². The Hall–Kier alpha value is -2.70. The summed E-state index contributed by atoms with van der Waals surface area (Å²) in [5.74, 6) is -0.246. The molecule has 7 nitrogen and oxygen atoms in total. The van der Waals surface area contributed by atoms with Crippen LogP contribution in [0.4, 0.5) is 0 Å². The zero-order valence-electron chi connectivity index (χ0n) is 13.5. The Morgan fingerprint density at radius 3 is 2.39 bits per heavy atom. The monoisotopic (exact) mass is 315 g/mol. The van der Waals surface area contributed by atoms with Crippen LogP contribution in [-0.4, -0.2) is 26.8 Å². The molecule has 0 radical (unpaired) electrons. The van der Waals surface area contributed by atoms with Gasteiger partial charge in [0.05, 0.1) is 17.9 Å². The van der Waals surface area contributed by atoms with E-state index in [1.54, 1.807) is 0 Å². The van der Waals surface area contributed by atoms with Gasteiger partial charge in [-0.2, -0.15) is 0 Å². The molecule has 0 saturated heterocycles. The standard InChI is InChI=1S/C16H21N5O2/c1-10(2)8-15(22)18-11(3)12-4-6-13(7-5-12)21-9-14(16(17)23)19-20-21/h4-7,9-11H,8H2,1-3H3,(H2,17,23)(H,18,22)/t11-/m0/s1. The van der Waals surface area contributed by atoms with Crippen LogP contribution in [0.3, 0.4) is 0 Å². The van der Waals surface area contributed by atoms with Crippen LogP contribution in [0.1, 0.15) is 49.3 Å². The minimum atomic E-state index is -0.616. The van der Waals surface area contributed by atoms with E-state index in [2.05, 4.69) is 15.6 Å². The first-order valence-corrected chi connectivity index (χ1v) is 7.48. The van der Waals surface area contributed by atoms with E-state index in [4.69, 9.17) is 5.73 Å². The summed E-state index contributed by atoms with van der Waals surface area (Å²) in [5.41, 5.74) is 7.01. The minimum Gasteiger partial charge on any atom is -0.364 e. The molecule has 3 N–H and O–H groups in total. The molecule has 0 aliphatic heterocycles. The fourth-order valence-corrected chi connectivity index (χ4v) is 2.17. The zero-order valence-corrected chi connectivity index (χ0v) is 13.5. The lowest BCUT2D eigenvalue weighted by Crippen LogP contribution is -2.27. The van der Waals surface area contributed by atoms with E-state index in [1.165, 1.54) is 10.9 Å². The molecule has 1 atom stereocenters. The SMILES string of the molecule is CC(C)CC(=O)N[C@@H](C)c1ccc(-n2cc(C(N)=O)nn2)cc1. The Balaban J connectivity index is 2.06. The molecule has 0 fully saturated rings. The molecule has 2 rings (SSSR count). The normalized spacial score (nSPS) is 12.2. The van der Waals surface area contributed by atoms with Gasteiger partial charge in [-0.3, -0.25) is 9.59 Å². The molecule has 7 heteroatoms. The largest absolute Gasteiger partial charge is 0.364 e. The van der Waals surface area contributed by atoms with E-state index >= 15 is 0 Å². The summed E-state index contributed by atoms with van der Waals surface area (Å²) < 4.78 is 1.48. The van der Waals surface area contributed by atoms with Crippen molar-refractivity contribution in [3.05, 3.63) is 41.7 Å². The van der Waals surface area contributed by atoms with E-state index in [-0.39, 0.29) is 17.6 Å². The lowest BCUT2D eigenvalue weighted by molar-refractivity contribution is -0.122. The molecule has 23 heavy (non-hydrogen) atoms. The first-order valence-electron chi connectivity index (χ1n) is 7.48. The number of hydrogen-bond donors (Lipinski definition) is 2. The summed E-state index contributed by atoms with van der Waals surface area (Å²) >= 11 is 0. The highest BCUT2D eigenvalue weighted by atomic mass is 16.2. The second kappa shape index (κ2) is 7.04. The van der Waals surface area contributed by atoms with Crippen molar-refractivity contribution in [3.8, 4) is 5.69 Å². The Morgan fingerprint density at radius 1 is 1.22 bits per heavy atom. The van der Waals surface area contributed by atoms with Gasteiger partial charge < -0.3 is 11.1 Å². The smallest absolute Gasteiger partial charge is 0.270 e. The van der Waals surface area contributed by atoms with Crippen LogP contribution in [0.25, 0.3) is 5.69 Å². The molecule has 0 bridgehead atoms. The van der Waals surface area contributed by atoms with Crippen molar-refractivity contribution < 1.29 is 9.59 Å². The number of nitrogens with zero attached hydrogens (tertiary/aromatic N) is 3. The fourth-order valence-electron chi connectivity index (χ4n) is 2.17. The highest BCUT2D eigenvalue weighted by molar-refractivity contribution is 5.90. The van der Waals surface area contributed by atoms with Crippen LogP contribution in [0.2, 0.25) is 0 Å². The third-order valence-corrected chi connectivity index (χ3v) is 3.37. The second-order valence-corrected chi connectivity index (χ2v) is 5.89. The Bertz CT molecular complexity index is 691. The summed E-state index contributed by atoms with van der Waals surface area (Å²) in [6.45, 7) is 5.96. The van der Waals surface area contributed by atoms with Gasteiger partial charge in [0.15, 0.2) is 5.69 Å². The molecule has 2 amide bonds. The van der Waals surface area contributed by atoms with Crippen molar-refractivity contribution >= 4 is 11.8 Å². The van der Waals surface area contributed by atoms with E-state index in [9.17, 15) is 9.59 Å². The maximum atomic E-state index is 11.8. The average molecular weight is 315 g/mol. The predicted molar refractivity (Wildman–Crippen MR) is 85.9 cm³/mol. The number of aromatic nitrogens is 3. The number of primary amides is 1. The average Bonchev–Trinajstić information content (AvgIpc) is 2.96. The van der Waals surface area contributed by atoms with Crippen LogP contribution >= 0.6 is 0 Å². The van der Waals surface area contributed by atoms with Gasteiger partial charge in [-0.25, -0.2) is 4.68 Å². The number of rotatable bonds is 6. The minimum absolute atomic E-state index is 0.0407. The predicted octanol–water partition coefficient (Wildman–Crippen LogP) is 1.59. The van der Waals surface area contributed by atoms with Crippen molar-refractivity contribution in [2.24, 2.45) is 11.7 Å². The van der Waals surface area contributed by atoms with Crippen molar-refractivity contribution in [2.45, 2.75) is 33.2 Å². The van der Waals surface area contributed by atoms with Crippen LogP contribution in [0.5, 0.6) is 0 Å². The lowest BCUT2D eigenvalue weighted by Gasteiger charge is -2.15. The maximum Gasteiger partial charge on any atom is 0.270 e. The lowest BCUT2D eigenvalue weighted by atomic mass is 10.1. The van der Waals surface area contributed by atoms with Crippen LogP contribution < -0.4 is 11.1 Å². The van der Waals surface area contributed by atoms with Gasteiger partial charge >= 0.3 is 0 Å². The first kappa shape index (κ1) is 16.7. The van der Waals surface area contributed by atoms with Crippen molar-refractivity contribution in [3.63, 3.8) is 0 Å². The molecule has 122 valence electrons. The van der Waals surface area contributed by atoms with Crippen molar-refractivity contribution in [2.75, 3.05) is 0 Å². The van der Waals surface area contributed by atoms with E-state index in [1.807, 2.05) is 45.0 Å². The van der Waals surface area contributed by atoms with Crippen molar-refractivity contribution in [1.29, 1.82) is 0 Å². The maximum absolute atomic E-state index is 11.8. The summed E-state index contributed by atoms with van der Waals surface area (Å²) in [5, 5.41) is 10.5. The molecule has 0 spiro atoms. The topological polar surface area (TPSA) is 103 Å². The second-order valence-electron chi connectivity index (χ2n) is 5.89. The van der Waals surface area contributed by atoms with E-state index < -0.39 is 5.91 Å². The summed E-state index contributed by atoms with van der Waals surface area (Å²) in [4.78, 5) is 22.8. The number of hydrogen-bond acceptors (Lipinski definition) is 4. The highest BCUT2D eigenvalue weighted by Gasteiger charge is 2.12. The van der Waals surface area contributed by atoms with Gasteiger partial charge in [0.2, 0.25) is 5.91 Å². The van der Waals surface area contributed by atoms with Crippen LogP contribution in [-0.2, 0) is 4.79 Å². The Morgan fingerprint density at radius 2 is 1.87 bits per heavy atom. The van der Waals surface area contributed by atoms with Gasteiger partial charge in [-0.1, -0.05) is 31.2 Å². The summed E-state index contributed by atoms with van der Waals surface area (Å²) in [7, 11) is 0. The number of carbonyl (C=O) groups is 2. The number of nitrogens with two attached hydrogens (primary N) is 1. The number of benzene rings is 1. The molecule has 1 aromatic heterocycles. The summed E-state index contributed by atoms with van der Waals surface area (Å²) in [6, 6.07) is 7.43. The molecule has 0 saturated carbocycles. The van der Waals surface area contributed by atoms with Crippen molar-refractivity contribution in [1.82, 2.24) is 20.3 Å². The Labute approximate surface area is 134 Å². The highest BCUT2D eigenvalue weighted by Crippen LogP contribution is 2.16. The van der Waals surface area contributed by atoms with Gasteiger partial charge in [-0.15, -0.1) is 5.10 Å². The van der Waals surface area contributed by atoms with Gasteiger partial charge in [0.1, 0.15) is 0 Å². The molecule has 1 aromatic carbocycles. The summed E-state index contributed by atoms with van der Waals surface area (Å²) in [6.07, 6.45) is 1.99. The fraction of sp³-hybridized carbons (Fsp3) is 0.375. The molecule has 0 unspecified atom stereocenters. The van der Waals surface area contributed by atoms with Crippen LogP contribution in [0.15, 0.2) is 30.5 Å². The molecular weight excluding hydrogens is 294 g/mol. The number of carbonyl (C=O) groups excluding carboxylic acids is 2. The van der Waals surface area contributed by atoms with Crippen LogP contribution in [0, 0.1) is 5.92 Å². The third-order valence-electron chi connectivity index (χ3n) is 3.37. The third kappa shape index (κ3) is 4.38. The number of nitrogens with one attached hydrogen (secondary N) is 1. The first-order chi connectivity index (χ1) is 10.9. The van der Waals surface area contributed by atoms with E-state index in [0.717, 1.165) is 11.3 Å². The Kier molecular flexibility index (Phi) is 5.10. The van der Waals surface area contributed by atoms with E-state index in [0.29, 0.717) is 12.3 Å². The molecule has 2 aromatic rings. The molecule has 1 heterocycles. The van der Waals surface area contributed by atoms with Gasteiger partial charge in [0.25, 0.3) is 5.91 Å². The molecule has 0 aliphatic carbocycles.